The number of aliphatic hydroxyl groups excluding tert-OH is 1. The molecule has 1 rings (SSSR count). The van der Waals surface area contributed by atoms with Gasteiger partial charge in [0.25, 0.3) is 0 Å². The highest BCUT2D eigenvalue weighted by Gasteiger charge is 2.61. The third kappa shape index (κ3) is 12.7. The van der Waals surface area contributed by atoms with Gasteiger partial charge in [-0.1, -0.05) is 0 Å². The maximum absolute atomic E-state index is 12.0. The Morgan fingerprint density at radius 2 is 0.639 bits per heavy atom. The summed E-state index contributed by atoms with van der Waals surface area (Å²) < 4.78 is 92.1. The van der Waals surface area contributed by atoms with Crippen molar-refractivity contribution in [1.29, 1.82) is 0 Å². The molecule has 1 aliphatic rings. The predicted molar refractivity (Wildman–Crippen MR) is 102 cm³/mol. The molecular weight excluding hydrogens is 642 g/mol. The van der Waals surface area contributed by atoms with Gasteiger partial charge in [-0.05, 0) is 0 Å². The molecule has 1 aliphatic carbocycles. The second-order valence-electron chi connectivity index (χ2n) is 6.34. The summed E-state index contributed by atoms with van der Waals surface area (Å²) in [6.45, 7) is 0. The minimum atomic E-state index is -6.19. The van der Waals surface area contributed by atoms with Crippen LogP contribution in [0.1, 0.15) is 0 Å². The van der Waals surface area contributed by atoms with Gasteiger partial charge in [-0.2, -0.15) is 4.31 Å². The van der Waals surface area contributed by atoms with Crippen molar-refractivity contribution in [3.63, 3.8) is 0 Å². The maximum Gasteiger partial charge on any atom is 0.481 e. The van der Waals surface area contributed by atoms with Crippen molar-refractivity contribution < 1.29 is 113 Å². The first-order valence-corrected chi connectivity index (χ1v) is 17.2. The average molecular weight is 660 g/mol. The fourth-order valence-electron chi connectivity index (χ4n) is 2.68. The highest BCUT2D eigenvalue weighted by atomic mass is 31.3. The van der Waals surface area contributed by atoms with Crippen LogP contribution in [0.15, 0.2) is 0 Å². The highest BCUT2D eigenvalue weighted by molar-refractivity contribution is 7.60. The van der Waals surface area contributed by atoms with E-state index in [2.05, 4.69) is 26.9 Å². The van der Waals surface area contributed by atoms with E-state index in [9.17, 15) is 37.4 Å². The van der Waals surface area contributed by atoms with E-state index in [0.29, 0.717) is 0 Å². The minimum Gasteiger partial charge on any atom is -0.387 e. The Morgan fingerprint density at radius 3 is 0.917 bits per heavy atom. The van der Waals surface area contributed by atoms with E-state index in [1.165, 1.54) is 0 Å². The SMILES string of the molecule is O=P(O)(O)O[C@@H]1[C@@H](OP(=O)(O)O)[C@H](OP(=O)(O)OP(=O)(O)O)[C@H](O)[C@H](OP(=O)(O)O)[C@H]1OP(=O)(O)O. The standard InChI is InChI=1S/C6H18O24P6/c7-1-2(25-31(8,9)10)4(26-32(11,12)13)6(28-34(17,18)19)5(27-33(14,15)16)3(1)29-36(23,24)30-35(20,21)22/h1-7H,(H,23,24)(H2,8,9,10)(H2,11,12,13)(H2,14,15,16)(H2,17,18,19)(H2,20,21,22)/t1-,2+,3-,4-,5+,6+/m1/s1. The molecular formula is C6H18O24P6. The second kappa shape index (κ2) is 11.6. The van der Waals surface area contributed by atoms with Gasteiger partial charge in [0, 0.05) is 0 Å². The minimum absolute atomic E-state index is 3.01. The molecule has 24 nitrogen and oxygen atoms in total. The van der Waals surface area contributed by atoms with E-state index in [4.69, 9.17) is 48.9 Å². The van der Waals surface area contributed by atoms with E-state index in [1.54, 1.807) is 0 Å². The zero-order chi connectivity index (χ0) is 28.7. The van der Waals surface area contributed by atoms with Crippen molar-refractivity contribution in [1.82, 2.24) is 0 Å². The van der Waals surface area contributed by atoms with E-state index in [1.807, 2.05) is 0 Å². The van der Waals surface area contributed by atoms with Crippen LogP contribution in [-0.4, -0.2) is 95.6 Å². The lowest BCUT2D eigenvalue weighted by Gasteiger charge is -2.47. The van der Waals surface area contributed by atoms with Crippen LogP contribution in [0.3, 0.4) is 0 Å². The number of rotatable bonds is 12. The maximum atomic E-state index is 12.0. The first-order chi connectivity index (χ1) is 15.6. The van der Waals surface area contributed by atoms with Gasteiger partial charge in [0.2, 0.25) is 0 Å². The molecule has 1 saturated carbocycles. The van der Waals surface area contributed by atoms with Gasteiger partial charge in [0.15, 0.2) is 0 Å². The summed E-state index contributed by atoms with van der Waals surface area (Å²) >= 11 is 0. The summed E-state index contributed by atoms with van der Waals surface area (Å²) in [7, 11) is -35.9. The fourth-order valence-corrected chi connectivity index (χ4v) is 6.70. The summed E-state index contributed by atoms with van der Waals surface area (Å²) in [6, 6.07) is 0. The Balaban J connectivity index is 3.83. The monoisotopic (exact) mass is 660 g/mol. The molecule has 7 atom stereocenters. The van der Waals surface area contributed by atoms with Crippen LogP contribution in [0.4, 0.5) is 0 Å². The molecule has 0 spiro atoms. The van der Waals surface area contributed by atoms with Crippen LogP contribution >= 0.6 is 46.9 Å². The molecule has 0 amide bonds. The summed E-state index contributed by atoms with van der Waals surface area (Å²) in [6.07, 6.45) is -18.4. The normalized spacial score (nSPS) is 30.7. The molecule has 1 unspecified atom stereocenters. The lowest BCUT2D eigenvalue weighted by Crippen LogP contribution is -2.66. The van der Waals surface area contributed by atoms with Crippen LogP contribution in [0.25, 0.3) is 0 Å². The number of phosphoric ester groups is 5. The van der Waals surface area contributed by atoms with Gasteiger partial charge in [-0.15, -0.1) is 0 Å². The first kappa shape index (κ1) is 34.7. The molecule has 0 aromatic heterocycles. The molecule has 0 bridgehead atoms. The Bertz CT molecular complexity index is 1050. The third-order valence-electron chi connectivity index (χ3n) is 3.47. The summed E-state index contributed by atoms with van der Waals surface area (Å²) in [5.41, 5.74) is 0. The van der Waals surface area contributed by atoms with Crippen molar-refractivity contribution in [2.45, 2.75) is 36.6 Å². The third-order valence-corrected chi connectivity index (χ3v) is 7.73. The summed E-state index contributed by atoms with van der Waals surface area (Å²) in [5.74, 6) is 0. The summed E-state index contributed by atoms with van der Waals surface area (Å²) in [4.78, 5) is 99.6. The molecule has 0 aromatic carbocycles. The van der Waals surface area contributed by atoms with Crippen molar-refractivity contribution in [2.75, 3.05) is 0 Å². The van der Waals surface area contributed by atoms with Crippen molar-refractivity contribution in [2.24, 2.45) is 0 Å². The number of phosphoric acid groups is 6. The van der Waals surface area contributed by atoms with Crippen LogP contribution in [-0.2, 0) is 54.3 Å². The highest BCUT2D eigenvalue weighted by Crippen LogP contribution is 2.61. The molecule has 0 aliphatic heterocycles. The Hall–Kier alpha value is 0.660. The molecule has 0 saturated heterocycles. The molecule has 0 aromatic rings. The largest absolute Gasteiger partial charge is 0.481 e. The molecule has 36 heavy (non-hydrogen) atoms. The molecule has 1 fully saturated rings. The number of hydrogen-bond donors (Lipinski definition) is 12. The van der Waals surface area contributed by atoms with Gasteiger partial charge < -0.3 is 58.9 Å². The van der Waals surface area contributed by atoms with Gasteiger partial charge in [0.05, 0.1) is 0 Å². The van der Waals surface area contributed by atoms with Crippen LogP contribution in [0, 0.1) is 0 Å². The molecule has 0 radical (unpaired) electrons. The zero-order valence-corrected chi connectivity index (χ0v) is 21.8. The fraction of sp³-hybridized carbons (Fsp3) is 1.00. The molecule has 216 valence electrons. The van der Waals surface area contributed by atoms with Crippen LogP contribution in [0.5, 0.6) is 0 Å². The predicted octanol–water partition coefficient (Wildman–Crippen LogP) is -3.13. The Kier molecular flexibility index (Phi) is 11.2. The van der Waals surface area contributed by atoms with Gasteiger partial charge in [-0.3, -0.25) is 22.6 Å². The van der Waals surface area contributed by atoms with Crippen molar-refractivity contribution in [3.8, 4) is 0 Å². The topological polar surface area (TPSA) is 401 Å². The van der Waals surface area contributed by atoms with Crippen LogP contribution < -0.4 is 0 Å². The molecule has 12 N–H and O–H groups in total. The van der Waals surface area contributed by atoms with Gasteiger partial charge in [-0.25, -0.2) is 27.4 Å². The van der Waals surface area contributed by atoms with Crippen molar-refractivity contribution in [3.05, 3.63) is 0 Å². The first-order valence-electron chi connectivity index (χ1n) is 8.01. The zero-order valence-electron chi connectivity index (χ0n) is 16.4. The molecule has 0 heterocycles. The quantitative estimate of drug-likeness (QED) is 0.0920. The van der Waals surface area contributed by atoms with E-state index >= 15 is 0 Å². The van der Waals surface area contributed by atoms with E-state index < -0.39 is 83.6 Å². The number of hydrogen-bond acceptors (Lipinski definition) is 13. The Morgan fingerprint density at radius 1 is 0.389 bits per heavy atom. The lowest BCUT2D eigenvalue weighted by atomic mass is 9.85. The van der Waals surface area contributed by atoms with Crippen molar-refractivity contribution >= 4 is 46.9 Å². The van der Waals surface area contributed by atoms with E-state index in [-0.39, 0.29) is 0 Å². The lowest BCUT2D eigenvalue weighted by molar-refractivity contribution is -0.205. The van der Waals surface area contributed by atoms with Crippen LogP contribution in [0.2, 0.25) is 0 Å². The smallest absolute Gasteiger partial charge is 0.387 e. The Labute approximate surface area is 197 Å². The second-order valence-corrected chi connectivity index (χ2v) is 13.9. The molecule has 30 heteroatoms. The number of aliphatic hydroxyl groups is 1. The van der Waals surface area contributed by atoms with Gasteiger partial charge in [0.1, 0.15) is 36.6 Å². The van der Waals surface area contributed by atoms with Gasteiger partial charge >= 0.3 is 46.9 Å². The van der Waals surface area contributed by atoms with E-state index in [0.717, 1.165) is 0 Å². The average Bonchev–Trinajstić information content (AvgIpc) is 2.51. The summed E-state index contributed by atoms with van der Waals surface area (Å²) in [5, 5.41) is 10.4.